The molecule has 33 heavy (non-hydrogen) atoms. The summed E-state index contributed by atoms with van der Waals surface area (Å²) >= 11 is 3.34. The Hall–Kier alpha value is -2.80. The molecule has 0 aliphatic carbocycles. The Bertz CT molecular complexity index is 1360. The fourth-order valence-corrected chi connectivity index (χ4v) is 4.43. The predicted molar refractivity (Wildman–Crippen MR) is 124 cm³/mol. The maximum Gasteiger partial charge on any atom is 0.414 e. The van der Waals surface area contributed by atoms with E-state index in [0.29, 0.717) is 10.9 Å². The van der Waals surface area contributed by atoms with E-state index in [-0.39, 0.29) is 27.8 Å². The van der Waals surface area contributed by atoms with Crippen molar-refractivity contribution in [3.8, 4) is 5.75 Å². The Balaban J connectivity index is 2.24. The van der Waals surface area contributed by atoms with Gasteiger partial charge in [0.25, 0.3) is 10.2 Å². The van der Waals surface area contributed by atoms with E-state index in [1.54, 1.807) is 6.07 Å². The molecule has 2 N–H and O–H groups in total. The lowest BCUT2D eigenvalue weighted by molar-refractivity contribution is 0.172. The van der Waals surface area contributed by atoms with Crippen molar-refractivity contribution in [2.45, 2.75) is 11.4 Å². The van der Waals surface area contributed by atoms with Gasteiger partial charge in [-0.05, 0) is 23.8 Å². The van der Waals surface area contributed by atoms with E-state index in [1.807, 2.05) is 0 Å². The molecule has 0 radical (unpaired) electrons. The number of nitrogens with zero attached hydrogens (tertiary/aromatic N) is 1. The molecule has 0 saturated carbocycles. The SMILES string of the molecule is CNS(=O)(=O)NC(c1ccccc1F)c1c(CBr)c2ccc(OC(=O)N(C)C)cc2oc1=O. The largest absolute Gasteiger partial charge is 0.422 e. The topological polar surface area (TPSA) is 118 Å². The molecular formula is C21H21BrFN3O6S. The van der Waals surface area contributed by atoms with Gasteiger partial charge in [-0.2, -0.15) is 13.1 Å². The van der Waals surface area contributed by atoms with Crippen molar-refractivity contribution in [1.82, 2.24) is 14.3 Å². The highest BCUT2D eigenvalue weighted by molar-refractivity contribution is 9.08. The third kappa shape index (κ3) is 5.41. The van der Waals surface area contributed by atoms with Gasteiger partial charge in [-0.1, -0.05) is 34.1 Å². The fourth-order valence-electron chi connectivity index (χ4n) is 3.15. The number of benzene rings is 2. The van der Waals surface area contributed by atoms with E-state index in [1.165, 1.54) is 56.4 Å². The summed E-state index contributed by atoms with van der Waals surface area (Å²) in [5, 5.41) is 0.587. The van der Waals surface area contributed by atoms with Gasteiger partial charge < -0.3 is 14.1 Å². The van der Waals surface area contributed by atoms with Crippen LogP contribution in [0, 0.1) is 5.82 Å². The summed E-state index contributed by atoms with van der Waals surface area (Å²) in [5.41, 5.74) is -0.507. The number of carbonyl (C=O) groups excluding carboxylic acids is 1. The summed E-state index contributed by atoms with van der Waals surface area (Å²) in [6.45, 7) is 0. The van der Waals surface area contributed by atoms with Crippen molar-refractivity contribution in [3.63, 3.8) is 0 Å². The minimum atomic E-state index is -4.08. The molecule has 3 rings (SSSR count). The molecule has 1 heterocycles. The summed E-state index contributed by atoms with van der Waals surface area (Å²) in [6.07, 6.45) is -0.616. The van der Waals surface area contributed by atoms with E-state index >= 15 is 0 Å². The Morgan fingerprint density at radius 3 is 2.55 bits per heavy atom. The van der Waals surface area contributed by atoms with Crippen LogP contribution in [0.3, 0.4) is 0 Å². The first kappa shape index (κ1) is 24.8. The van der Waals surface area contributed by atoms with Crippen molar-refractivity contribution in [1.29, 1.82) is 0 Å². The van der Waals surface area contributed by atoms with Gasteiger partial charge in [0, 0.05) is 43.5 Å². The smallest absolute Gasteiger partial charge is 0.414 e. The molecule has 1 atom stereocenters. The van der Waals surface area contributed by atoms with Crippen LogP contribution in [0.15, 0.2) is 51.7 Å². The Kier molecular flexibility index (Phi) is 7.52. The van der Waals surface area contributed by atoms with E-state index < -0.39 is 33.8 Å². The maximum absolute atomic E-state index is 14.7. The number of amides is 1. The molecule has 1 aromatic heterocycles. The highest BCUT2D eigenvalue weighted by atomic mass is 79.9. The Morgan fingerprint density at radius 2 is 1.94 bits per heavy atom. The molecule has 0 aliphatic heterocycles. The lowest BCUT2D eigenvalue weighted by atomic mass is 9.95. The first-order valence-electron chi connectivity index (χ1n) is 9.58. The number of alkyl halides is 1. The average Bonchev–Trinajstić information content (AvgIpc) is 2.77. The molecule has 176 valence electrons. The van der Waals surface area contributed by atoms with Crippen LogP contribution in [0.4, 0.5) is 9.18 Å². The van der Waals surface area contributed by atoms with Crippen molar-refractivity contribution >= 4 is 43.2 Å². The Morgan fingerprint density at radius 1 is 1.24 bits per heavy atom. The minimum absolute atomic E-state index is 0.0540. The van der Waals surface area contributed by atoms with Crippen molar-refractivity contribution in [2.75, 3.05) is 21.1 Å². The van der Waals surface area contributed by atoms with Crippen LogP contribution in [-0.2, 0) is 15.5 Å². The molecule has 3 aromatic rings. The normalized spacial score (nSPS) is 12.5. The van der Waals surface area contributed by atoms with Crippen LogP contribution in [0.1, 0.15) is 22.7 Å². The van der Waals surface area contributed by atoms with Crippen molar-refractivity contribution in [2.24, 2.45) is 0 Å². The standard InChI is InChI=1S/C21H21BrFN3O6S/c1-24-33(29,30)25-19(14-6-4-5-7-16(14)23)18-15(11-22)13-9-8-12(31-21(28)26(2)3)10-17(13)32-20(18)27/h4-10,19,24-25H,11H2,1-3H3. The van der Waals surface area contributed by atoms with Crippen LogP contribution < -0.4 is 19.8 Å². The van der Waals surface area contributed by atoms with E-state index in [4.69, 9.17) is 9.15 Å². The third-order valence-corrected chi connectivity index (χ3v) is 6.42. The van der Waals surface area contributed by atoms with Crippen LogP contribution >= 0.6 is 15.9 Å². The molecule has 9 nitrogen and oxygen atoms in total. The summed E-state index contributed by atoms with van der Waals surface area (Å²) in [4.78, 5) is 26.1. The highest BCUT2D eigenvalue weighted by Gasteiger charge is 2.29. The third-order valence-electron chi connectivity index (χ3n) is 4.78. The van der Waals surface area contributed by atoms with Crippen molar-refractivity contribution in [3.05, 3.63) is 75.4 Å². The van der Waals surface area contributed by atoms with Gasteiger partial charge in [0.05, 0.1) is 11.6 Å². The predicted octanol–water partition coefficient (Wildman–Crippen LogP) is 3.03. The second kappa shape index (κ2) is 10.00. The zero-order chi connectivity index (χ0) is 24.3. The molecule has 2 aromatic carbocycles. The van der Waals surface area contributed by atoms with Gasteiger partial charge in [-0.15, -0.1) is 0 Å². The van der Waals surface area contributed by atoms with Crippen LogP contribution in [0.2, 0.25) is 0 Å². The molecule has 1 unspecified atom stereocenters. The van der Waals surface area contributed by atoms with Gasteiger partial charge >= 0.3 is 11.7 Å². The zero-order valence-corrected chi connectivity index (χ0v) is 20.3. The first-order chi connectivity index (χ1) is 15.6. The Labute approximate surface area is 197 Å². The fraction of sp³-hybridized carbons (Fsp3) is 0.238. The average molecular weight is 542 g/mol. The van der Waals surface area contributed by atoms with Crippen LogP contribution in [0.5, 0.6) is 5.75 Å². The maximum atomic E-state index is 14.7. The van der Waals surface area contributed by atoms with Crippen LogP contribution in [-0.4, -0.2) is 40.6 Å². The zero-order valence-electron chi connectivity index (χ0n) is 17.9. The lowest BCUT2D eigenvalue weighted by Gasteiger charge is -2.22. The van der Waals surface area contributed by atoms with Crippen molar-refractivity contribution < 1.29 is 26.8 Å². The van der Waals surface area contributed by atoms with Crippen LogP contribution in [0.25, 0.3) is 11.0 Å². The van der Waals surface area contributed by atoms with Gasteiger partial charge in [0.2, 0.25) is 0 Å². The summed E-state index contributed by atoms with van der Waals surface area (Å²) in [6, 6.07) is 8.61. The second-order valence-corrected chi connectivity index (χ2v) is 9.33. The number of carbonyl (C=O) groups is 1. The van der Waals surface area contributed by atoms with Gasteiger partial charge in [-0.3, -0.25) is 0 Å². The highest BCUT2D eigenvalue weighted by Crippen LogP contribution is 2.32. The van der Waals surface area contributed by atoms with E-state index in [2.05, 4.69) is 25.4 Å². The summed E-state index contributed by atoms with van der Waals surface area (Å²) in [5.74, 6) is -0.550. The van der Waals surface area contributed by atoms with E-state index in [0.717, 1.165) is 6.07 Å². The summed E-state index contributed by atoms with van der Waals surface area (Å²) < 4.78 is 54.3. The number of hydrogen-bond acceptors (Lipinski definition) is 6. The lowest BCUT2D eigenvalue weighted by Crippen LogP contribution is -2.39. The first-order valence-corrected chi connectivity index (χ1v) is 12.2. The molecule has 0 saturated heterocycles. The number of rotatable bonds is 7. The second-order valence-electron chi connectivity index (χ2n) is 7.12. The summed E-state index contributed by atoms with van der Waals surface area (Å²) in [7, 11) is 0.149. The van der Waals surface area contributed by atoms with Gasteiger partial charge in [-0.25, -0.2) is 18.7 Å². The molecule has 1 amide bonds. The molecule has 0 fully saturated rings. The van der Waals surface area contributed by atoms with Gasteiger partial charge in [0.15, 0.2) is 0 Å². The van der Waals surface area contributed by atoms with E-state index in [9.17, 15) is 22.4 Å². The molecule has 0 bridgehead atoms. The number of nitrogens with one attached hydrogen (secondary N) is 2. The molecular weight excluding hydrogens is 521 g/mol. The monoisotopic (exact) mass is 541 g/mol. The molecule has 0 spiro atoms. The quantitative estimate of drug-likeness (QED) is 0.350. The molecule has 0 aliphatic rings. The number of hydrogen-bond donors (Lipinski definition) is 2. The number of halogens is 2. The molecule has 12 heteroatoms. The number of fused-ring (bicyclic) bond motifs is 1. The minimum Gasteiger partial charge on any atom is -0.422 e. The number of ether oxygens (including phenoxy) is 1. The van der Waals surface area contributed by atoms with Gasteiger partial charge in [0.1, 0.15) is 17.1 Å².